The number of benzene rings is 2. The van der Waals surface area contributed by atoms with Crippen LogP contribution in [0.4, 0.5) is 24.5 Å². The fraction of sp³-hybridized carbons (Fsp3) is 0.200. The number of sulfonamides is 1. The molecule has 0 saturated carbocycles. The Hall–Kier alpha value is -4.06. The molecule has 1 saturated heterocycles. The minimum Gasteiger partial charge on any atom is -0.497 e. The van der Waals surface area contributed by atoms with Gasteiger partial charge in [-0.05, 0) is 62.5 Å². The molecule has 14 heteroatoms. The Balaban J connectivity index is 0.000000449. The first-order chi connectivity index (χ1) is 18.1. The van der Waals surface area contributed by atoms with E-state index in [-0.39, 0.29) is 21.4 Å². The fourth-order valence-corrected chi connectivity index (χ4v) is 4.72. The Kier molecular flexibility index (Phi) is 8.30. The molecule has 4 rings (SSSR count). The molecule has 0 bridgehead atoms. The van der Waals surface area contributed by atoms with Crippen molar-refractivity contribution in [3.8, 4) is 11.8 Å². The number of thiocarbonyl (C=S) groups is 1. The largest absolute Gasteiger partial charge is 0.497 e. The fourth-order valence-electron chi connectivity index (χ4n) is 3.70. The monoisotopic (exact) mass is 577 g/mol. The number of amides is 1. The van der Waals surface area contributed by atoms with Gasteiger partial charge in [-0.2, -0.15) is 18.4 Å². The second-order valence-corrected chi connectivity index (χ2v) is 10.5. The van der Waals surface area contributed by atoms with E-state index < -0.39 is 38.8 Å². The molecule has 1 amide bonds. The molecule has 0 spiro atoms. The number of alkyl halides is 3. The molecule has 3 aromatic rings. The molecule has 0 atom stereocenters. The maximum atomic E-state index is 13.4. The molecule has 1 aromatic heterocycles. The van der Waals surface area contributed by atoms with Crippen LogP contribution in [0.25, 0.3) is 0 Å². The summed E-state index contributed by atoms with van der Waals surface area (Å²) >= 11 is 5.36. The number of pyridine rings is 1. The summed E-state index contributed by atoms with van der Waals surface area (Å²) in [6, 6.07) is 15.1. The predicted molar refractivity (Wildman–Crippen MR) is 141 cm³/mol. The van der Waals surface area contributed by atoms with Crippen LogP contribution in [-0.2, 0) is 21.0 Å². The maximum Gasteiger partial charge on any atom is 0.417 e. The van der Waals surface area contributed by atoms with Crippen LogP contribution in [0, 0.1) is 11.3 Å². The number of hydrogen-bond acceptors (Lipinski definition) is 7. The zero-order chi connectivity index (χ0) is 29.2. The number of nitrogens with two attached hydrogens (primary N) is 1. The van der Waals surface area contributed by atoms with Crippen LogP contribution >= 0.6 is 12.2 Å². The molecule has 0 radical (unpaired) electrons. The summed E-state index contributed by atoms with van der Waals surface area (Å²) < 4.78 is 68.4. The topological polar surface area (TPSA) is 130 Å². The second-order valence-electron chi connectivity index (χ2n) is 8.60. The zero-order valence-electron chi connectivity index (χ0n) is 20.8. The molecule has 39 heavy (non-hydrogen) atoms. The van der Waals surface area contributed by atoms with Gasteiger partial charge in [0.05, 0.1) is 41.9 Å². The van der Waals surface area contributed by atoms with Gasteiger partial charge in [-0.15, -0.1) is 0 Å². The number of ether oxygens (including phenoxy) is 1. The average molecular weight is 578 g/mol. The Morgan fingerprint density at radius 1 is 1.08 bits per heavy atom. The molecule has 1 aliphatic heterocycles. The highest BCUT2D eigenvalue weighted by Crippen LogP contribution is 2.39. The van der Waals surface area contributed by atoms with E-state index >= 15 is 0 Å². The van der Waals surface area contributed by atoms with E-state index in [0.717, 1.165) is 29.0 Å². The smallest absolute Gasteiger partial charge is 0.417 e. The van der Waals surface area contributed by atoms with Gasteiger partial charge in [0.15, 0.2) is 5.11 Å². The van der Waals surface area contributed by atoms with Crippen LogP contribution < -0.4 is 19.7 Å². The van der Waals surface area contributed by atoms with Gasteiger partial charge in [-0.1, -0.05) is 18.2 Å². The van der Waals surface area contributed by atoms with E-state index in [1.807, 2.05) is 30.3 Å². The molecule has 2 N–H and O–H groups in total. The summed E-state index contributed by atoms with van der Waals surface area (Å²) in [5.41, 5.74) is -3.27. The van der Waals surface area contributed by atoms with Gasteiger partial charge in [0, 0.05) is 6.20 Å². The Morgan fingerprint density at radius 3 is 2.23 bits per heavy atom. The number of primary sulfonamides is 1. The first kappa shape index (κ1) is 29.5. The van der Waals surface area contributed by atoms with Crippen molar-refractivity contribution in [2.75, 3.05) is 16.9 Å². The number of carbonyl (C=O) groups is 1. The Labute approximate surface area is 228 Å². The van der Waals surface area contributed by atoms with Crippen molar-refractivity contribution in [2.24, 2.45) is 5.14 Å². The summed E-state index contributed by atoms with van der Waals surface area (Å²) in [5.74, 6) is 0.254. The van der Waals surface area contributed by atoms with Crippen LogP contribution in [-0.4, -0.2) is 37.1 Å². The van der Waals surface area contributed by atoms with Crippen molar-refractivity contribution in [1.29, 1.82) is 5.26 Å². The molecule has 9 nitrogen and oxygen atoms in total. The van der Waals surface area contributed by atoms with Gasteiger partial charge < -0.3 is 9.64 Å². The van der Waals surface area contributed by atoms with E-state index in [2.05, 4.69) is 4.98 Å². The van der Waals surface area contributed by atoms with Crippen molar-refractivity contribution in [3.05, 3.63) is 78.1 Å². The molecular weight excluding hydrogens is 555 g/mol. The summed E-state index contributed by atoms with van der Waals surface area (Å²) in [4.78, 5) is 18.8. The number of rotatable bonds is 4. The van der Waals surface area contributed by atoms with Crippen molar-refractivity contribution in [3.63, 3.8) is 0 Å². The average Bonchev–Trinajstić information content (AvgIpc) is 3.06. The van der Waals surface area contributed by atoms with Crippen LogP contribution in [0.3, 0.4) is 0 Å². The molecule has 0 unspecified atom stereocenters. The van der Waals surface area contributed by atoms with Gasteiger partial charge in [-0.25, -0.2) is 13.6 Å². The van der Waals surface area contributed by atoms with E-state index in [9.17, 15) is 26.4 Å². The van der Waals surface area contributed by atoms with Crippen molar-refractivity contribution >= 4 is 44.6 Å². The molecule has 0 aliphatic carbocycles. The van der Waals surface area contributed by atoms with Crippen molar-refractivity contribution in [1.82, 2.24) is 4.98 Å². The number of aromatic nitrogens is 1. The predicted octanol–water partition coefficient (Wildman–Crippen LogP) is 4.23. The van der Waals surface area contributed by atoms with E-state index in [4.69, 9.17) is 27.4 Å². The van der Waals surface area contributed by atoms with E-state index in [0.29, 0.717) is 6.07 Å². The minimum absolute atomic E-state index is 0.113. The third-order valence-electron chi connectivity index (χ3n) is 5.62. The second kappa shape index (κ2) is 11.0. The summed E-state index contributed by atoms with van der Waals surface area (Å²) in [5, 5.41) is 13.9. The molecule has 2 aromatic carbocycles. The standard InChI is InChI=1S/C18H14F3N5O3S2.C7H8O/c1-17(2)15(27)25(11-4-3-10(7-22)14(6-11)18(19,20)21)16(30)26(17)12-5-13(9-24-8-12)31(23,28)29;1-8-7-5-3-2-4-6-7/h3-6,8-9H,1-2H3,(H2,23,28,29);2-6H,1H3. The van der Waals surface area contributed by atoms with E-state index in [1.54, 1.807) is 7.11 Å². The molecular formula is C25H22F3N5O4S2. The number of carbonyl (C=O) groups excluding carboxylic acids is 1. The first-order valence-corrected chi connectivity index (χ1v) is 13.0. The molecule has 2 heterocycles. The number of nitrogens with zero attached hydrogens (tertiary/aromatic N) is 4. The van der Waals surface area contributed by atoms with E-state index in [1.165, 1.54) is 37.1 Å². The lowest BCUT2D eigenvalue weighted by atomic mass is 10.0. The number of methoxy groups -OCH3 is 1. The normalized spacial score (nSPS) is 14.9. The highest BCUT2D eigenvalue weighted by molar-refractivity contribution is 7.89. The first-order valence-electron chi connectivity index (χ1n) is 11.0. The Bertz CT molecular complexity index is 1560. The van der Waals surface area contributed by atoms with Crippen LogP contribution in [0.1, 0.15) is 25.0 Å². The van der Waals surface area contributed by atoms with Gasteiger partial charge in [0.25, 0.3) is 5.91 Å². The van der Waals surface area contributed by atoms with Crippen LogP contribution in [0.2, 0.25) is 0 Å². The Morgan fingerprint density at radius 2 is 1.72 bits per heavy atom. The lowest BCUT2D eigenvalue weighted by Gasteiger charge is -2.29. The van der Waals surface area contributed by atoms with Gasteiger partial charge in [-0.3, -0.25) is 14.7 Å². The third-order valence-corrected chi connectivity index (χ3v) is 6.87. The van der Waals surface area contributed by atoms with Crippen molar-refractivity contribution in [2.45, 2.75) is 30.5 Å². The minimum atomic E-state index is -4.82. The summed E-state index contributed by atoms with van der Waals surface area (Å²) in [6.45, 7) is 2.94. The summed E-state index contributed by atoms with van der Waals surface area (Å²) in [6.07, 6.45) is -2.56. The van der Waals surface area contributed by atoms with Gasteiger partial charge in [0.2, 0.25) is 10.0 Å². The van der Waals surface area contributed by atoms with Gasteiger partial charge in [0.1, 0.15) is 16.2 Å². The third kappa shape index (κ3) is 6.17. The van der Waals surface area contributed by atoms with Crippen LogP contribution in [0.5, 0.6) is 5.75 Å². The number of nitriles is 1. The summed E-state index contributed by atoms with van der Waals surface area (Å²) in [7, 11) is -2.44. The molecule has 1 aliphatic rings. The van der Waals surface area contributed by atoms with Gasteiger partial charge >= 0.3 is 6.18 Å². The highest BCUT2D eigenvalue weighted by atomic mass is 32.2. The number of halogens is 3. The lowest BCUT2D eigenvalue weighted by molar-refractivity contribution is -0.137. The molecule has 1 fully saturated rings. The molecule has 204 valence electrons. The number of hydrogen-bond donors (Lipinski definition) is 1. The van der Waals surface area contributed by atoms with Crippen LogP contribution in [0.15, 0.2) is 71.9 Å². The lowest BCUT2D eigenvalue weighted by Crippen LogP contribution is -2.44. The zero-order valence-corrected chi connectivity index (χ0v) is 22.4. The number of para-hydroxylation sites is 1. The van der Waals surface area contributed by atoms with Crippen molar-refractivity contribution < 1.29 is 31.1 Å². The number of anilines is 2. The highest BCUT2D eigenvalue weighted by Gasteiger charge is 2.51. The maximum absolute atomic E-state index is 13.4. The SMILES string of the molecule is CC1(C)C(=O)N(c2ccc(C#N)c(C(F)(F)F)c2)C(=S)N1c1cncc(S(N)(=O)=O)c1.COc1ccccc1. The quantitative estimate of drug-likeness (QED) is 0.456.